The van der Waals surface area contributed by atoms with Gasteiger partial charge in [-0.05, 0) is 36.1 Å². The number of para-hydroxylation sites is 2. The maximum Gasteiger partial charge on any atom is 0.267 e. The van der Waals surface area contributed by atoms with Crippen molar-refractivity contribution in [3.05, 3.63) is 88.0 Å². The van der Waals surface area contributed by atoms with E-state index in [1.807, 2.05) is 50.4 Å². The Labute approximate surface area is 184 Å². The van der Waals surface area contributed by atoms with Gasteiger partial charge in [0.1, 0.15) is 5.56 Å². The van der Waals surface area contributed by atoms with Gasteiger partial charge in [0.2, 0.25) is 0 Å². The summed E-state index contributed by atoms with van der Waals surface area (Å²) in [6, 6.07) is 18.0. The molecule has 156 valence electrons. The van der Waals surface area contributed by atoms with Crippen LogP contribution in [0, 0.1) is 6.92 Å². The largest absolute Gasteiger partial charge is 0.346 e. The Hall–Kier alpha value is -3.32. The first-order valence-electron chi connectivity index (χ1n) is 10.2. The topological polar surface area (TPSA) is 60.1 Å². The molecule has 7 heteroatoms. The molecule has 2 aromatic heterocycles. The lowest BCUT2D eigenvalue weighted by molar-refractivity contribution is 0.0981. The van der Waals surface area contributed by atoms with Crippen LogP contribution in [0.15, 0.2) is 70.7 Å². The van der Waals surface area contributed by atoms with Crippen LogP contribution in [0.25, 0.3) is 10.9 Å². The molecular weight excluding hydrogens is 408 g/mol. The first-order chi connectivity index (χ1) is 15.0. The highest BCUT2D eigenvalue weighted by atomic mass is 32.2. The highest BCUT2D eigenvalue weighted by molar-refractivity contribution is 7.99. The number of benzene rings is 2. The number of aromatic nitrogens is 3. The second-order valence-electron chi connectivity index (χ2n) is 7.69. The van der Waals surface area contributed by atoms with E-state index in [0.717, 1.165) is 33.6 Å². The molecule has 1 aliphatic heterocycles. The van der Waals surface area contributed by atoms with Gasteiger partial charge in [0, 0.05) is 42.4 Å². The third-order valence-electron chi connectivity index (χ3n) is 5.81. The molecule has 0 atom stereocenters. The van der Waals surface area contributed by atoms with E-state index in [4.69, 9.17) is 0 Å². The number of carbonyl (C=O) groups excluding carboxylic acids is 1. The van der Waals surface area contributed by atoms with Crippen LogP contribution in [0.4, 0.5) is 5.69 Å². The molecule has 0 aliphatic carbocycles. The minimum absolute atomic E-state index is 0.105. The maximum absolute atomic E-state index is 13.7. The number of aryl methyl sites for hydroxylation is 2. The molecule has 0 fully saturated rings. The molecule has 1 aliphatic rings. The van der Waals surface area contributed by atoms with E-state index in [2.05, 4.69) is 27.8 Å². The molecule has 31 heavy (non-hydrogen) atoms. The van der Waals surface area contributed by atoms with Gasteiger partial charge in [-0.1, -0.05) is 48.2 Å². The van der Waals surface area contributed by atoms with E-state index in [9.17, 15) is 9.59 Å². The first-order valence-corrected chi connectivity index (χ1v) is 11.2. The molecule has 0 saturated carbocycles. The molecular formula is C24H22N4O2S. The minimum Gasteiger partial charge on any atom is -0.346 e. The first kappa shape index (κ1) is 19.6. The van der Waals surface area contributed by atoms with Gasteiger partial charge in [-0.15, -0.1) is 0 Å². The van der Waals surface area contributed by atoms with Crippen LogP contribution in [0.2, 0.25) is 0 Å². The number of hydrogen-bond acceptors (Lipinski definition) is 4. The number of amides is 1. The molecule has 0 radical (unpaired) electrons. The Bertz CT molecular complexity index is 1370. The van der Waals surface area contributed by atoms with Crippen LogP contribution < -0.4 is 10.5 Å². The third kappa shape index (κ3) is 3.35. The van der Waals surface area contributed by atoms with Gasteiger partial charge < -0.3 is 9.47 Å². The fraction of sp³-hybridized carbons (Fsp3) is 0.208. The molecule has 3 heterocycles. The zero-order chi connectivity index (χ0) is 21.5. The number of hydrogen-bond donors (Lipinski definition) is 0. The van der Waals surface area contributed by atoms with Crippen LogP contribution >= 0.6 is 11.8 Å². The molecule has 0 bridgehead atoms. The fourth-order valence-corrected chi connectivity index (χ4v) is 5.02. The normalized spacial score (nSPS) is 12.8. The number of thioether (sulfide) groups is 1. The lowest BCUT2D eigenvalue weighted by Crippen LogP contribution is -2.37. The van der Waals surface area contributed by atoms with Gasteiger partial charge in [-0.2, -0.15) is 0 Å². The molecule has 0 N–H and O–H groups in total. The summed E-state index contributed by atoms with van der Waals surface area (Å²) in [5.41, 5.74) is 3.69. The van der Waals surface area contributed by atoms with Crippen molar-refractivity contribution in [1.82, 2.24) is 14.1 Å². The number of carbonyl (C=O) groups is 1. The summed E-state index contributed by atoms with van der Waals surface area (Å²) in [5.74, 6) is 0.474. The molecule has 5 rings (SSSR count). The summed E-state index contributed by atoms with van der Waals surface area (Å²) in [7, 11) is 2.00. The maximum atomic E-state index is 13.7. The lowest BCUT2D eigenvalue weighted by atomic mass is 10.1. The quantitative estimate of drug-likeness (QED) is 0.459. The van der Waals surface area contributed by atoms with Crippen molar-refractivity contribution in [2.75, 3.05) is 10.7 Å². The fourth-order valence-electron chi connectivity index (χ4n) is 4.10. The van der Waals surface area contributed by atoms with Crippen LogP contribution in [0.1, 0.15) is 21.6 Å². The minimum atomic E-state index is -0.329. The zero-order valence-corrected chi connectivity index (χ0v) is 18.2. The molecule has 0 spiro atoms. The molecule has 0 unspecified atom stereocenters. The Morgan fingerprint density at radius 2 is 1.94 bits per heavy atom. The van der Waals surface area contributed by atoms with Crippen LogP contribution in [-0.2, 0) is 20.1 Å². The Morgan fingerprint density at radius 3 is 2.74 bits per heavy atom. The lowest BCUT2D eigenvalue weighted by Gasteiger charge is -2.25. The van der Waals surface area contributed by atoms with Crippen molar-refractivity contribution >= 4 is 34.3 Å². The highest BCUT2D eigenvalue weighted by Crippen LogP contribution is 2.27. The predicted molar refractivity (Wildman–Crippen MR) is 124 cm³/mol. The van der Waals surface area contributed by atoms with Crippen molar-refractivity contribution in [2.45, 2.75) is 25.2 Å². The van der Waals surface area contributed by atoms with Gasteiger partial charge in [0.05, 0.1) is 6.54 Å². The van der Waals surface area contributed by atoms with Crippen LogP contribution in [0.5, 0.6) is 0 Å². The summed E-state index contributed by atoms with van der Waals surface area (Å²) in [4.78, 5) is 32.8. The average molecular weight is 431 g/mol. The van der Waals surface area contributed by atoms with E-state index in [1.165, 1.54) is 6.20 Å². The molecule has 1 amide bonds. The van der Waals surface area contributed by atoms with E-state index >= 15 is 0 Å². The summed E-state index contributed by atoms with van der Waals surface area (Å²) < 4.78 is 3.70. The Kier molecular flexibility index (Phi) is 4.90. The second kappa shape index (κ2) is 7.74. The van der Waals surface area contributed by atoms with Gasteiger partial charge in [0.15, 0.2) is 5.16 Å². The third-order valence-corrected chi connectivity index (χ3v) is 6.78. The van der Waals surface area contributed by atoms with Crippen LogP contribution in [0.3, 0.4) is 0 Å². The second-order valence-corrected chi connectivity index (χ2v) is 8.75. The Morgan fingerprint density at radius 1 is 1.16 bits per heavy atom. The van der Waals surface area contributed by atoms with Gasteiger partial charge in [-0.25, -0.2) is 4.98 Å². The standard InChI is InChI=1S/C24H22N4O2S/c1-16-7-3-5-9-20(16)28(15-18-13-17-8-4-6-10-21(17)26(18)2)23(30)19-14-25-24-27(22(19)29)11-12-31-24/h3-10,13-14H,11-12,15H2,1-2H3. The van der Waals surface area contributed by atoms with E-state index < -0.39 is 0 Å². The highest BCUT2D eigenvalue weighted by Gasteiger charge is 2.26. The number of anilines is 1. The van der Waals surface area contributed by atoms with Crippen molar-refractivity contribution in [2.24, 2.45) is 7.05 Å². The van der Waals surface area contributed by atoms with Gasteiger partial charge in [-0.3, -0.25) is 14.2 Å². The van der Waals surface area contributed by atoms with Crippen molar-refractivity contribution < 1.29 is 4.79 Å². The monoisotopic (exact) mass is 430 g/mol. The number of rotatable bonds is 4. The zero-order valence-electron chi connectivity index (χ0n) is 17.4. The van der Waals surface area contributed by atoms with E-state index in [1.54, 1.807) is 21.2 Å². The van der Waals surface area contributed by atoms with E-state index in [-0.39, 0.29) is 17.0 Å². The number of fused-ring (bicyclic) bond motifs is 2. The van der Waals surface area contributed by atoms with E-state index in [0.29, 0.717) is 18.2 Å². The van der Waals surface area contributed by atoms with Crippen LogP contribution in [-0.4, -0.2) is 25.8 Å². The summed E-state index contributed by atoms with van der Waals surface area (Å²) in [6.45, 7) is 2.91. The predicted octanol–water partition coefficient (Wildman–Crippen LogP) is 4.00. The van der Waals surface area contributed by atoms with Crippen molar-refractivity contribution in [3.63, 3.8) is 0 Å². The smallest absolute Gasteiger partial charge is 0.267 e. The van der Waals surface area contributed by atoms with Gasteiger partial charge in [0.25, 0.3) is 11.5 Å². The molecule has 0 saturated heterocycles. The summed E-state index contributed by atoms with van der Waals surface area (Å²) in [6.07, 6.45) is 1.43. The van der Waals surface area contributed by atoms with Gasteiger partial charge >= 0.3 is 0 Å². The number of nitrogens with zero attached hydrogens (tertiary/aromatic N) is 4. The molecule has 4 aromatic rings. The summed E-state index contributed by atoms with van der Waals surface area (Å²) >= 11 is 1.54. The molecule has 2 aromatic carbocycles. The van der Waals surface area contributed by atoms with Crippen molar-refractivity contribution in [3.8, 4) is 0 Å². The summed E-state index contributed by atoms with van der Waals surface area (Å²) in [5, 5.41) is 1.80. The van der Waals surface area contributed by atoms with Crippen molar-refractivity contribution in [1.29, 1.82) is 0 Å². The SMILES string of the molecule is Cc1ccccc1N(Cc1cc2ccccc2n1C)C(=O)c1cnc2n(c1=O)CCS2. The molecule has 6 nitrogen and oxygen atoms in total. The Balaban J connectivity index is 1.61. The average Bonchev–Trinajstić information content (AvgIpc) is 3.38.